The zero-order chi connectivity index (χ0) is 14.0. The van der Waals surface area contributed by atoms with Crippen LogP contribution in [-0.2, 0) is 0 Å². The summed E-state index contributed by atoms with van der Waals surface area (Å²) in [4.78, 5) is 12.0. The summed E-state index contributed by atoms with van der Waals surface area (Å²) in [6.07, 6.45) is 0. The smallest absolute Gasteiger partial charge is 0.255 e. The van der Waals surface area contributed by atoms with Gasteiger partial charge >= 0.3 is 0 Å². The summed E-state index contributed by atoms with van der Waals surface area (Å²) in [5, 5.41) is 3.02. The number of anilines is 1. The van der Waals surface area contributed by atoms with Crippen LogP contribution in [0.4, 0.5) is 10.1 Å². The second-order valence-electron chi connectivity index (χ2n) is 3.68. The van der Waals surface area contributed by atoms with Crippen LogP contribution >= 0.6 is 43.5 Å². The number of rotatable bonds is 2. The maximum absolute atomic E-state index is 13.6. The number of carbonyl (C=O) groups is 1. The van der Waals surface area contributed by atoms with Crippen molar-refractivity contribution in [1.82, 2.24) is 0 Å². The first-order valence-corrected chi connectivity index (χ1v) is 7.16. The fourth-order valence-corrected chi connectivity index (χ4v) is 2.38. The molecule has 0 heterocycles. The summed E-state index contributed by atoms with van der Waals surface area (Å²) >= 11 is 12.3. The van der Waals surface area contributed by atoms with Crippen molar-refractivity contribution < 1.29 is 9.18 Å². The van der Waals surface area contributed by atoms with Gasteiger partial charge in [0.25, 0.3) is 5.91 Å². The van der Waals surface area contributed by atoms with E-state index in [9.17, 15) is 9.18 Å². The predicted molar refractivity (Wildman–Crippen MR) is 81.2 cm³/mol. The molecule has 0 radical (unpaired) electrons. The van der Waals surface area contributed by atoms with Crippen molar-refractivity contribution >= 4 is 55.1 Å². The predicted octanol–water partition coefficient (Wildman–Crippen LogP) is 5.26. The van der Waals surface area contributed by atoms with Crippen LogP contribution in [0.1, 0.15) is 10.4 Å². The minimum atomic E-state index is -0.504. The van der Waals surface area contributed by atoms with Crippen LogP contribution in [-0.4, -0.2) is 5.91 Å². The van der Waals surface area contributed by atoms with Crippen LogP contribution in [0, 0.1) is 5.82 Å². The normalized spacial score (nSPS) is 10.3. The maximum atomic E-state index is 13.6. The summed E-state index contributed by atoms with van der Waals surface area (Å²) < 4.78 is 14.7. The van der Waals surface area contributed by atoms with E-state index in [-0.39, 0.29) is 5.69 Å². The SMILES string of the molecule is O=C(Nc1c(F)cccc1Br)c1ccc(Cl)c(Br)c1. The second-order valence-corrected chi connectivity index (χ2v) is 5.80. The Hall–Kier alpha value is -0.910. The Bertz CT molecular complexity index is 628. The van der Waals surface area contributed by atoms with E-state index in [1.54, 1.807) is 30.3 Å². The minimum Gasteiger partial charge on any atom is -0.319 e. The zero-order valence-corrected chi connectivity index (χ0v) is 13.3. The van der Waals surface area contributed by atoms with E-state index >= 15 is 0 Å². The van der Waals surface area contributed by atoms with Gasteiger partial charge < -0.3 is 5.32 Å². The molecular weight excluding hydrogens is 400 g/mol. The molecule has 0 saturated carbocycles. The van der Waals surface area contributed by atoms with Gasteiger partial charge in [0.1, 0.15) is 5.82 Å². The summed E-state index contributed by atoms with van der Waals surface area (Å²) in [5.74, 6) is -0.918. The minimum absolute atomic E-state index is 0.110. The number of amides is 1. The third-order valence-electron chi connectivity index (χ3n) is 2.38. The molecule has 0 aliphatic carbocycles. The van der Waals surface area contributed by atoms with E-state index < -0.39 is 11.7 Å². The summed E-state index contributed by atoms with van der Waals surface area (Å²) in [6.45, 7) is 0. The average molecular weight is 407 g/mol. The fraction of sp³-hybridized carbons (Fsp3) is 0. The molecule has 2 nitrogen and oxygen atoms in total. The first-order valence-electron chi connectivity index (χ1n) is 5.19. The lowest BCUT2D eigenvalue weighted by atomic mass is 10.2. The largest absolute Gasteiger partial charge is 0.319 e. The Labute approximate surface area is 131 Å². The van der Waals surface area contributed by atoms with E-state index in [4.69, 9.17) is 11.6 Å². The number of hydrogen-bond donors (Lipinski definition) is 1. The van der Waals surface area contributed by atoms with Gasteiger partial charge in [-0.05, 0) is 62.2 Å². The van der Waals surface area contributed by atoms with Crippen molar-refractivity contribution in [2.45, 2.75) is 0 Å². The summed E-state index contributed by atoms with van der Waals surface area (Å²) in [6, 6.07) is 9.21. The molecule has 98 valence electrons. The molecule has 0 aromatic heterocycles. The fourth-order valence-electron chi connectivity index (χ4n) is 1.44. The Morgan fingerprint density at radius 3 is 2.53 bits per heavy atom. The summed E-state index contributed by atoms with van der Waals surface area (Å²) in [5.41, 5.74) is 0.491. The number of carbonyl (C=O) groups excluding carboxylic acids is 1. The average Bonchev–Trinajstić information content (AvgIpc) is 2.37. The Morgan fingerprint density at radius 2 is 1.89 bits per heavy atom. The first-order chi connectivity index (χ1) is 8.99. The molecule has 2 rings (SSSR count). The van der Waals surface area contributed by atoms with Crippen LogP contribution < -0.4 is 5.32 Å². The maximum Gasteiger partial charge on any atom is 0.255 e. The highest BCUT2D eigenvalue weighted by atomic mass is 79.9. The van der Waals surface area contributed by atoms with E-state index in [0.717, 1.165) is 0 Å². The number of halogens is 4. The Morgan fingerprint density at radius 1 is 1.16 bits per heavy atom. The third kappa shape index (κ3) is 3.35. The molecule has 0 unspecified atom stereocenters. The molecule has 0 spiro atoms. The molecule has 0 aliphatic rings. The van der Waals surface area contributed by atoms with Crippen molar-refractivity contribution in [2.75, 3.05) is 5.32 Å². The highest BCUT2D eigenvalue weighted by Crippen LogP contribution is 2.27. The van der Waals surface area contributed by atoms with E-state index in [1.807, 2.05) is 0 Å². The Balaban J connectivity index is 2.28. The lowest BCUT2D eigenvalue weighted by Gasteiger charge is -2.09. The van der Waals surface area contributed by atoms with Crippen LogP contribution in [0.2, 0.25) is 5.02 Å². The van der Waals surface area contributed by atoms with Crippen molar-refractivity contribution in [1.29, 1.82) is 0 Å². The van der Waals surface area contributed by atoms with Crippen LogP contribution in [0.3, 0.4) is 0 Å². The van der Waals surface area contributed by atoms with Crippen LogP contribution in [0.25, 0.3) is 0 Å². The van der Waals surface area contributed by atoms with Crippen molar-refractivity contribution in [2.24, 2.45) is 0 Å². The molecule has 0 aliphatic heterocycles. The molecule has 19 heavy (non-hydrogen) atoms. The number of nitrogens with one attached hydrogen (secondary N) is 1. The standard InChI is InChI=1S/C13H7Br2ClFNO/c14-8-2-1-3-11(17)12(8)18-13(19)7-4-5-10(16)9(15)6-7/h1-6H,(H,18,19). The van der Waals surface area contributed by atoms with Crippen LogP contribution in [0.15, 0.2) is 45.3 Å². The lowest BCUT2D eigenvalue weighted by molar-refractivity contribution is 0.102. The van der Waals surface area contributed by atoms with Gasteiger partial charge in [-0.3, -0.25) is 4.79 Å². The molecule has 0 atom stereocenters. The molecular formula is C13H7Br2ClFNO. The molecule has 0 bridgehead atoms. The quantitative estimate of drug-likeness (QED) is 0.723. The number of hydrogen-bond acceptors (Lipinski definition) is 1. The molecule has 1 N–H and O–H groups in total. The number of benzene rings is 2. The van der Waals surface area contributed by atoms with Gasteiger partial charge in [0.15, 0.2) is 0 Å². The van der Waals surface area contributed by atoms with Gasteiger partial charge in [0.2, 0.25) is 0 Å². The zero-order valence-electron chi connectivity index (χ0n) is 9.38. The molecule has 2 aromatic carbocycles. The van der Waals surface area contributed by atoms with Gasteiger partial charge in [-0.1, -0.05) is 17.7 Å². The van der Waals surface area contributed by atoms with Crippen molar-refractivity contribution in [3.05, 3.63) is 61.7 Å². The summed E-state index contributed by atoms with van der Waals surface area (Å²) in [7, 11) is 0. The molecule has 2 aromatic rings. The van der Waals surface area contributed by atoms with Gasteiger partial charge in [-0.25, -0.2) is 4.39 Å². The number of para-hydroxylation sites is 1. The monoisotopic (exact) mass is 405 g/mol. The molecule has 6 heteroatoms. The lowest BCUT2D eigenvalue weighted by Crippen LogP contribution is -2.13. The van der Waals surface area contributed by atoms with E-state index in [1.165, 1.54) is 6.07 Å². The molecule has 1 amide bonds. The molecule has 0 saturated heterocycles. The van der Waals surface area contributed by atoms with Gasteiger partial charge in [0.05, 0.1) is 10.7 Å². The van der Waals surface area contributed by atoms with Gasteiger partial charge in [0, 0.05) is 14.5 Å². The van der Waals surface area contributed by atoms with E-state index in [2.05, 4.69) is 37.2 Å². The third-order valence-corrected chi connectivity index (χ3v) is 4.26. The Kier molecular flexibility index (Phi) is 4.60. The van der Waals surface area contributed by atoms with Crippen molar-refractivity contribution in [3.63, 3.8) is 0 Å². The highest BCUT2D eigenvalue weighted by molar-refractivity contribution is 9.11. The van der Waals surface area contributed by atoms with Gasteiger partial charge in [-0.15, -0.1) is 0 Å². The van der Waals surface area contributed by atoms with Crippen LogP contribution in [0.5, 0.6) is 0 Å². The van der Waals surface area contributed by atoms with Crippen molar-refractivity contribution in [3.8, 4) is 0 Å². The molecule has 0 fully saturated rings. The van der Waals surface area contributed by atoms with Gasteiger partial charge in [-0.2, -0.15) is 0 Å². The first kappa shape index (κ1) is 14.5. The topological polar surface area (TPSA) is 29.1 Å². The second kappa shape index (κ2) is 6.03. The van der Waals surface area contributed by atoms with E-state index in [0.29, 0.717) is 19.5 Å². The highest BCUT2D eigenvalue weighted by Gasteiger charge is 2.13.